The third-order valence-electron chi connectivity index (χ3n) is 1.28. The Kier molecular flexibility index (Phi) is 5.49. The smallest absolute Gasteiger partial charge is 0.251 e. The summed E-state index contributed by atoms with van der Waals surface area (Å²) in [5.41, 5.74) is 0.337. The molecule has 0 rings (SSSR count). The zero-order chi connectivity index (χ0) is 9.56. The highest BCUT2D eigenvalue weighted by Gasteiger charge is 2.01. The molecule has 0 radical (unpaired) electrons. The molecule has 1 N–H and O–H groups in total. The zero-order valence-electron chi connectivity index (χ0n) is 7.46. The number of rotatable bonds is 5. The van der Waals surface area contributed by atoms with Crippen LogP contribution in [0.25, 0.3) is 0 Å². The van der Waals surface area contributed by atoms with E-state index in [0.717, 1.165) is 6.54 Å². The van der Waals surface area contributed by atoms with Gasteiger partial charge in [-0.25, -0.2) is 0 Å². The van der Waals surface area contributed by atoms with Gasteiger partial charge >= 0.3 is 0 Å². The summed E-state index contributed by atoms with van der Waals surface area (Å²) < 4.78 is 0. The molecular weight excluding hydrogens is 172 g/mol. The van der Waals surface area contributed by atoms with E-state index in [4.69, 9.17) is 0 Å². The summed E-state index contributed by atoms with van der Waals surface area (Å²) in [4.78, 5) is 13.0. The van der Waals surface area contributed by atoms with Crippen molar-refractivity contribution in [1.29, 1.82) is 0 Å². The van der Waals surface area contributed by atoms with Gasteiger partial charge in [0.15, 0.2) is 0 Å². The van der Waals surface area contributed by atoms with Crippen molar-refractivity contribution >= 4 is 23.5 Å². The summed E-state index contributed by atoms with van der Waals surface area (Å²) in [6.45, 7) is 4.92. The van der Waals surface area contributed by atoms with E-state index in [-0.39, 0.29) is 5.91 Å². The number of hydrogen-bond donors (Lipinski definition) is 1. The Morgan fingerprint density at radius 2 is 2.25 bits per heavy atom. The summed E-state index contributed by atoms with van der Waals surface area (Å²) in [5, 5.41) is 3.97. The van der Waals surface area contributed by atoms with Gasteiger partial charge in [-0.15, -0.1) is 0 Å². The van der Waals surface area contributed by atoms with Crippen LogP contribution < -0.4 is 5.32 Å². The lowest BCUT2D eigenvalue weighted by Crippen LogP contribution is -2.32. The van der Waals surface area contributed by atoms with Gasteiger partial charge in [-0.1, -0.05) is 18.8 Å². The fraction of sp³-hybridized carbons (Fsp3) is 0.500. The van der Waals surface area contributed by atoms with Crippen molar-refractivity contribution in [2.45, 2.75) is 0 Å². The molecule has 4 heteroatoms. The van der Waals surface area contributed by atoms with Crippen molar-refractivity contribution in [3.8, 4) is 0 Å². The van der Waals surface area contributed by atoms with Gasteiger partial charge in [0.2, 0.25) is 0 Å². The van der Waals surface area contributed by atoms with Crippen molar-refractivity contribution in [1.82, 2.24) is 10.2 Å². The minimum Gasteiger partial charge on any atom is -0.351 e. The molecule has 0 aliphatic carbocycles. The van der Waals surface area contributed by atoms with Crippen LogP contribution in [0.15, 0.2) is 12.2 Å². The molecule has 0 fully saturated rings. The SMILES string of the molecule is C=C(C=S)C(=O)NCCN(C)C. The van der Waals surface area contributed by atoms with E-state index in [1.165, 1.54) is 5.37 Å². The number of likely N-dealkylation sites (N-methyl/N-ethyl adjacent to an activating group) is 1. The first-order valence-electron chi connectivity index (χ1n) is 3.65. The van der Waals surface area contributed by atoms with E-state index >= 15 is 0 Å². The Labute approximate surface area is 78.4 Å². The molecule has 0 heterocycles. The molecule has 68 valence electrons. The molecule has 0 unspecified atom stereocenters. The highest BCUT2D eigenvalue weighted by atomic mass is 32.1. The van der Waals surface area contributed by atoms with Crippen molar-refractivity contribution in [2.24, 2.45) is 0 Å². The molecule has 0 aromatic rings. The highest BCUT2D eigenvalue weighted by Crippen LogP contribution is 1.84. The monoisotopic (exact) mass is 186 g/mol. The Morgan fingerprint density at radius 1 is 1.67 bits per heavy atom. The fourth-order valence-corrected chi connectivity index (χ4v) is 0.667. The van der Waals surface area contributed by atoms with Crippen molar-refractivity contribution in [2.75, 3.05) is 27.2 Å². The Hall–Kier alpha value is -0.740. The first kappa shape index (κ1) is 11.3. The number of nitrogens with one attached hydrogen (secondary N) is 1. The average Bonchev–Trinajstić information content (AvgIpc) is 2.02. The molecule has 0 spiro atoms. The minimum absolute atomic E-state index is 0.188. The summed E-state index contributed by atoms with van der Waals surface area (Å²) in [6, 6.07) is 0. The summed E-state index contributed by atoms with van der Waals surface area (Å²) in [5.74, 6) is -0.188. The van der Waals surface area contributed by atoms with Gasteiger partial charge in [0.05, 0.1) is 0 Å². The van der Waals surface area contributed by atoms with Crippen LogP contribution in [0, 0.1) is 0 Å². The standard InChI is InChI=1S/C8H14N2OS/c1-7(6-12)8(11)9-4-5-10(2)3/h6H,1,4-5H2,2-3H3,(H,9,11). The topological polar surface area (TPSA) is 32.3 Å². The molecule has 0 bridgehead atoms. The van der Waals surface area contributed by atoms with Gasteiger partial charge in [0.25, 0.3) is 5.91 Å². The van der Waals surface area contributed by atoms with Crippen LogP contribution in [0.3, 0.4) is 0 Å². The lowest BCUT2D eigenvalue weighted by molar-refractivity contribution is -0.116. The van der Waals surface area contributed by atoms with E-state index < -0.39 is 0 Å². The number of nitrogens with zero attached hydrogens (tertiary/aromatic N) is 1. The minimum atomic E-state index is -0.188. The molecule has 0 aromatic carbocycles. The van der Waals surface area contributed by atoms with E-state index in [9.17, 15) is 4.79 Å². The normalized spacial score (nSPS) is 9.58. The Morgan fingerprint density at radius 3 is 2.67 bits per heavy atom. The Balaban J connectivity index is 3.58. The van der Waals surface area contributed by atoms with Crippen LogP contribution in [0.1, 0.15) is 0 Å². The third-order valence-corrected chi connectivity index (χ3v) is 1.56. The molecule has 1 amide bonds. The van der Waals surface area contributed by atoms with E-state index in [2.05, 4.69) is 24.1 Å². The van der Waals surface area contributed by atoms with Crippen LogP contribution in [-0.2, 0) is 4.79 Å². The second-order valence-electron chi connectivity index (χ2n) is 2.70. The molecule has 0 saturated carbocycles. The predicted octanol–water partition coefficient (Wildman–Crippen LogP) is 0.220. The quantitative estimate of drug-likeness (QED) is 0.492. The lowest BCUT2D eigenvalue weighted by Gasteiger charge is -2.09. The van der Waals surface area contributed by atoms with Crippen molar-refractivity contribution in [3.05, 3.63) is 12.2 Å². The van der Waals surface area contributed by atoms with Crippen LogP contribution >= 0.6 is 12.2 Å². The van der Waals surface area contributed by atoms with Crippen molar-refractivity contribution in [3.63, 3.8) is 0 Å². The summed E-state index contributed by atoms with van der Waals surface area (Å²) in [6.07, 6.45) is 0. The predicted molar refractivity (Wildman–Crippen MR) is 54.4 cm³/mol. The largest absolute Gasteiger partial charge is 0.351 e. The number of carbonyl (C=O) groups excluding carboxylic acids is 1. The lowest BCUT2D eigenvalue weighted by atomic mass is 10.3. The van der Waals surface area contributed by atoms with Gasteiger partial charge in [-0.3, -0.25) is 4.79 Å². The van der Waals surface area contributed by atoms with Gasteiger partial charge < -0.3 is 10.2 Å². The second-order valence-corrected chi connectivity index (χ2v) is 2.94. The van der Waals surface area contributed by atoms with Gasteiger partial charge in [0.1, 0.15) is 0 Å². The number of thiocarbonyl (C=S) groups is 1. The maximum Gasteiger partial charge on any atom is 0.251 e. The molecule has 0 aliphatic rings. The summed E-state index contributed by atoms with van der Waals surface area (Å²) >= 11 is 4.56. The first-order valence-corrected chi connectivity index (χ1v) is 4.12. The maximum absolute atomic E-state index is 11.0. The second kappa shape index (κ2) is 5.85. The van der Waals surface area contributed by atoms with Gasteiger partial charge in [-0.2, -0.15) is 0 Å². The molecule has 0 saturated heterocycles. The third kappa shape index (κ3) is 4.98. The van der Waals surface area contributed by atoms with Crippen LogP contribution in [0.4, 0.5) is 0 Å². The fourth-order valence-electron chi connectivity index (χ4n) is 0.560. The van der Waals surface area contributed by atoms with Gasteiger partial charge in [-0.05, 0) is 14.1 Å². The van der Waals surface area contributed by atoms with Crippen molar-refractivity contribution < 1.29 is 4.79 Å². The van der Waals surface area contributed by atoms with E-state index in [1.807, 2.05) is 19.0 Å². The average molecular weight is 186 g/mol. The highest BCUT2D eigenvalue weighted by molar-refractivity contribution is 7.79. The Bertz CT molecular complexity index is 189. The first-order chi connectivity index (χ1) is 5.57. The molecule has 3 nitrogen and oxygen atoms in total. The summed E-state index contributed by atoms with van der Waals surface area (Å²) in [7, 11) is 3.89. The van der Waals surface area contributed by atoms with Crippen LogP contribution in [-0.4, -0.2) is 43.4 Å². The van der Waals surface area contributed by atoms with Gasteiger partial charge in [0, 0.05) is 24.0 Å². The number of amides is 1. The number of carbonyl (C=O) groups is 1. The molecule has 0 aliphatic heterocycles. The van der Waals surface area contributed by atoms with Crippen LogP contribution in [0.2, 0.25) is 0 Å². The number of hydrogen-bond acceptors (Lipinski definition) is 3. The molecular formula is C8H14N2OS. The molecule has 0 aromatic heterocycles. The molecule has 0 atom stereocenters. The molecule has 12 heavy (non-hydrogen) atoms. The maximum atomic E-state index is 11.0. The van der Waals surface area contributed by atoms with E-state index in [1.54, 1.807) is 0 Å². The van der Waals surface area contributed by atoms with E-state index in [0.29, 0.717) is 12.1 Å². The van der Waals surface area contributed by atoms with Crippen LogP contribution in [0.5, 0.6) is 0 Å². The zero-order valence-corrected chi connectivity index (χ0v) is 8.28.